The average molecular weight is 446 g/mol. The summed E-state index contributed by atoms with van der Waals surface area (Å²) >= 11 is 11.0. The number of aromatic nitrogens is 2. The first-order chi connectivity index (χ1) is 13.7. The Morgan fingerprint density at radius 3 is 2.66 bits per heavy atom. The third-order valence-electron chi connectivity index (χ3n) is 3.81. The van der Waals surface area contributed by atoms with E-state index in [0.29, 0.717) is 5.56 Å². The Labute approximate surface area is 172 Å². The van der Waals surface area contributed by atoms with Crippen molar-refractivity contribution in [1.82, 2.24) is 10.1 Å². The molecule has 0 bridgehead atoms. The number of amides is 1. The fourth-order valence-electron chi connectivity index (χ4n) is 2.57. The average Bonchev–Trinajstić information content (AvgIpc) is 3.16. The SMILES string of the molecule is COc1cccc(C(F)(F)F)c1-c1cc(-c2cncc(NC(=O)C(Cl)Cl)c2)on1. The Balaban J connectivity index is 2.00. The lowest BCUT2D eigenvalue weighted by Crippen LogP contribution is -2.18. The van der Waals surface area contributed by atoms with Crippen LogP contribution in [0, 0.1) is 0 Å². The molecule has 0 fully saturated rings. The van der Waals surface area contributed by atoms with Gasteiger partial charge in [0.25, 0.3) is 5.91 Å². The Morgan fingerprint density at radius 1 is 1.24 bits per heavy atom. The topological polar surface area (TPSA) is 77.2 Å². The minimum absolute atomic E-state index is 0.00548. The first-order valence-corrected chi connectivity index (χ1v) is 8.83. The maximum atomic E-state index is 13.4. The molecule has 0 spiro atoms. The molecule has 2 heterocycles. The summed E-state index contributed by atoms with van der Waals surface area (Å²) in [7, 11) is 1.26. The van der Waals surface area contributed by atoms with Crippen molar-refractivity contribution in [2.75, 3.05) is 12.4 Å². The van der Waals surface area contributed by atoms with Gasteiger partial charge in [0.05, 0.1) is 30.1 Å². The molecule has 0 radical (unpaired) electrons. The highest BCUT2D eigenvalue weighted by Gasteiger charge is 2.36. The number of rotatable bonds is 5. The van der Waals surface area contributed by atoms with E-state index in [9.17, 15) is 18.0 Å². The third-order valence-corrected chi connectivity index (χ3v) is 4.20. The number of carbonyl (C=O) groups is 1. The molecular weight excluding hydrogens is 434 g/mol. The molecule has 3 rings (SSSR count). The van der Waals surface area contributed by atoms with Crippen LogP contribution in [-0.4, -0.2) is 28.0 Å². The number of pyridine rings is 1. The molecule has 0 saturated heterocycles. The first kappa shape index (κ1) is 20.9. The number of carbonyl (C=O) groups excluding carboxylic acids is 1. The van der Waals surface area contributed by atoms with E-state index in [1.165, 1.54) is 43.8 Å². The molecule has 1 N–H and O–H groups in total. The molecule has 152 valence electrons. The number of nitrogens with one attached hydrogen (secondary N) is 1. The quantitative estimate of drug-likeness (QED) is 0.547. The van der Waals surface area contributed by atoms with Gasteiger partial charge in [0.2, 0.25) is 0 Å². The summed E-state index contributed by atoms with van der Waals surface area (Å²) < 4.78 is 50.6. The van der Waals surface area contributed by atoms with E-state index in [2.05, 4.69) is 15.5 Å². The number of hydrogen-bond acceptors (Lipinski definition) is 5. The molecule has 2 aromatic heterocycles. The van der Waals surface area contributed by atoms with Gasteiger partial charge in [-0.1, -0.05) is 34.4 Å². The Hall–Kier alpha value is -2.78. The van der Waals surface area contributed by atoms with Crippen molar-refractivity contribution in [3.05, 3.63) is 48.3 Å². The molecule has 0 aliphatic rings. The normalized spacial score (nSPS) is 11.6. The number of halogens is 5. The zero-order chi connectivity index (χ0) is 21.2. The van der Waals surface area contributed by atoms with Crippen LogP contribution < -0.4 is 10.1 Å². The molecule has 0 aliphatic carbocycles. The van der Waals surface area contributed by atoms with Gasteiger partial charge in [-0.3, -0.25) is 9.78 Å². The predicted molar refractivity (Wildman–Crippen MR) is 101 cm³/mol. The van der Waals surface area contributed by atoms with Crippen molar-refractivity contribution in [2.45, 2.75) is 11.0 Å². The number of hydrogen-bond donors (Lipinski definition) is 1. The number of ether oxygens (including phenoxy) is 1. The summed E-state index contributed by atoms with van der Waals surface area (Å²) in [6.07, 6.45) is -1.88. The van der Waals surface area contributed by atoms with Crippen LogP contribution in [-0.2, 0) is 11.0 Å². The summed E-state index contributed by atoms with van der Waals surface area (Å²) in [5.41, 5.74) is -0.593. The van der Waals surface area contributed by atoms with Crippen molar-refractivity contribution in [3.8, 4) is 28.3 Å². The second-order valence-electron chi connectivity index (χ2n) is 5.71. The van der Waals surface area contributed by atoms with Gasteiger partial charge in [0.1, 0.15) is 11.4 Å². The van der Waals surface area contributed by atoms with Gasteiger partial charge in [-0.15, -0.1) is 0 Å². The van der Waals surface area contributed by atoms with E-state index in [-0.39, 0.29) is 28.5 Å². The summed E-state index contributed by atoms with van der Waals surface area (Å²) in [5, 5.41) is 6.19. The Bertz CT molecular complexity index is 1040. The van der Waals surface area contributed by atoms with Crippen molar-refractivity contribution in [2.24, 2.45) is 0 Å². The van der Waals surface area contributed by atoms with Crippen LogP contribution in [0.25, 0.3) is 22.6 Å². The summed E-state index contributed by atoms with van der Waals surface area (Å²) in [6.45, 7) is 0. The molecule has 0 atom stereocenters. The van der Waals surface area contributed by atoms with Crippen LogP contribution in [0.5, 0.6) is 5.75 Å². The largest absolute Gasteiger partial charge is 0.496 e. The minimum atomic E-state index is -4.62. The zero-order valence-corrected chi connectivity index (χ0v) is 16.1. The van der Waals surface area contributed by atoms with Crippen LogP contribution in [0.15, 0.2) is 47.2 Å². The summed E-state index contributed by atoms with van der Waals surface area (Å²) in [5.74, 6) is -0.528. The number of nitrogens with zero attached hydrogens (tertiary/aromatic N) is 2. The highest BCUT2D eigenvalue weighted by Crippen LogP contribution is 2.42. The number of benzene rings is 1. The number of anilines is 1. The third kappa shape index (κ3) is 4.63. The van der Waals surface area contributed by atoms with E-state index in [4.69, 9.17) is 32.5 Å². The lowest BCUT2D eigenvalue weighted by Gasteiger charge is -2.14. The smallest absolute Gasteiger partial charge is 0.417 e. The second kappa shape index (κ2) is 8.30. The monoisotopic (exact) mass is 445 g/mol. The first-order valence-electron chi connectivity index (χ1n) is 7.96. The Kier molecular flexibility index (Phi) is 5.99. The zero-order valence-electron chi connectivity index (χ0n) is 14.6. The number of alkyl halides is 5. The maximum absolute atomic E-state index is 13.4. The highest BCUT2D eigenvalue weighted by atomic mass is 35.5. The lowest BCUT2D eigenvalue weighted by molar-refractivity contribution is -0.137. The van der Waals surface area contributed by atoms with Gasteiger partial charge in [-0.05, 0) is 18.2 Å². The molecule has 11 heteroatoms. The van der Waals surface area contributed by atoms with Crippen LogP contribution >= 0.6 is 23.2 Å². The van der Waals surface area contributed by atoms with Crippen molar-refractivity contribution in [1.29, 1.82) is 0 Å². The minimum Gasteiger partial charge on any atom is -0.496 e. The standard InChI is InChI=1S/C18H12Cl2F3N3O3/c1-28-13-4-2-3-11(18(21,22)23)15(13)12-6-14(29-26-12)9-5-10(8-24-7-9)25-17(27)16(19)20/h2-8,16H,1H3,(H,25,27). The number of methoxy groups -OCH3 is 1. The van der Waals surface area contributed by atoms with Gasteiger partial charge < -0.3 is 14.6 Å². The molecule has 29 heavy (non-hydrogen) atoms. The van der Waals surface area contributed by atoms with Crippen LogP contribution in [0.1, 0.15) is 5.56 Å². The molecule has 0 unspecified atom stereocenters. The molecule has 3 aromatic rings. The fraction of sp³-hybridized carbons (Fsp3) is 0.167. The van der Waals surface area contributed by atoms with Crippen LogP contribution in [0.4, 0.5) is 18.9 Å². The highest BCUT2D eigenvalue weighted by molar-refractivity contribution is 6.54. The fourth-order valence-corrected chi connectivity index (χ4v) is 2.68. The lowest BCUT2D eigenvalue weighted by atomic mass is 10.0. The predicted octanol–water partition coefficient (Wildman–Crippen LogP) is 5.17. The van der Waals surface area contributed by atoms with Crippen molar-refractivity contribution in [3.63, 3.8) is 0 Å². The van der Waals surface area contributed by atoms with Gasteiger partial charge in [-0.25, -0.2) is 0 Å². The maximum Gasteiger partial charge on any atom is 0.417 e. The molecular formula is C18H12Cl2F3N3O3. The summed E-state index contributed by atoms with van der Waals surface area (Å²) in [4.78, 5) is 14.3. The molecule has 0 aliphatic heterocycles. The molecule has 0 saturated carbocycles. The van der Waals surface area contributed by atoms with Gasteiger partial charge in [-0.2, -0.15) is 13.2 Å². The van der Waals surface area contributed by atoms with Gasteiger partial charge in [0.15, 0.2) is 10.6 Å². The molecule has 1 aromatic carbocycles. The van der Waals surface area contributed by atoms with Gasteiger partial charge >= 0.3 is 6.18 Å². The van der Waals surface area contributed by atoms with E-state index in [1.54, 1.807) is 0 Å². The van der Waals surface area contributed by atoms with E-state index < -0.39 is 22.5 Å². The molecule has 6 nitrogen and oxygen atoms in total. The summed E-state index contributed by atoms with van der Waals surface area (Å²) in [6, 6.07) is 6.37. The van der Waals surface area contributed by atoms with Crippen molar-refractivity contribution >= 4 is 34.8 Å². The van der Waals surface area contributed by atoms with E-state index in [0.717, 1.165) is 6.07 Å². The molecule has 1 amide bonds. The van der Waals surface area contributed by atoms with E-state index in [1.807, 2.05) is 0 Å². The Morgan fingerprint density at radius 2 is 2.00 bits per heavy atom. The van der Waals surface area contributed by atoms with Crippen molar-refractivity contribution < 1.29 is 27.2 Å². The van der Waals surface area contributed by atoms with E-state index >= 15 is 0 Å². The van der Waals surface area contributed by atoms with Crippen LogP contribution in [0.2, 0.25) is 0 Å². The van der Waals surface area contributed by atoms with Gasteiger partial charge in [0, 0.05) is 17.8 Å². The second-order valence-corrected chi connectivity index (χ2v) is 6.81. The van der Waals surface area contributed by atoms with Crippen LogP contribution in [0.3, 0.4) is 0 Å².